The molecule has 1 heterocycles. The molecule has 26 heavy (non-hydrogen) atoms. The van der Waals surface area contributed by atoms with Crippen molar-refractivity contribution >= 4 is 0 Å². The van der Waals surface area contributed by atoms with Crippen LogP contribution in [0.5, 0.6) is 5.75 Å². The summed E-state index contributed by atoms with van der Waals surface area (Å²) < 4.78 is 47.3. The van der Waals surface area contributed by atoms with Crippen LogP contribution in [0.25, 0.3) is 16.9 Å². The fourth-order valence-corrected chi connectivity index (χ4v) is 3.09. The van der Waals surface area contributed by atoms with E-state index in [1.807, 2.05) is 19.1 Å². The number of benzene rings is 2. The average molecular weight is 360 g/mol. The van der Waals surface area contributed by atoms with Gasteiger partial charge in [-0.3, -0.25) is 0 Å². The van der Waals surface area contributed by atoms with Crippen molar-refractivity contribution in [2.75, 3.05) is 7.11 Å². The molecule has 0 aliphatic heterocycles. The van der Waals surface area contributed by atoms with Crippen LogP contribution in [0.4, 0.5) is 13.2 Å². The molecule has 0 unspecified atom stereocenters. The van der Waals surface area contributed by atoms with Gasteiger partial charge in [0, 0.05) is 11.1 Å². The van der Waals surface area contributed by atoms with E-state index in [1.54, 1.807) is 50.4 Å². The maximum atomic E-state index is 13.6. The number of ether oxygens (including phenoxy) is 1. The first kappa shape index (κ1) is 18.0. The third-order valence-electron chi connectivity index (χ3n) is 4.27. The lowest BCUT2D eigenvalue weighted by atomic mass is 10.0. The summed E-state index contributed by atoms with van der Waals surface area (Å²) in [6, 6.07) is 14.2. The average Bonchev–Trinajstić information content (AvgIpc) is 3.02. The maximum Gasteiger partial charge on any atom is 0.435 e. The van der Waals surface area contributed by atoms with Gasteiger partial charge >= 0.3 is 6.18 Å². The summed E-state index contributed by atoms with van der Waals surface area (Å²) in [5.74, 6) is 0.689. The Hall–Kier alpha value is -2.76. The van der Waals surface area contributed by atoms with Crippen LogP contribution >= 0.6 is 0 Å². The van der Waals surface area contributed by atoms with Crippen molar-refractivity contribution in [1.82, 2.24) is 9.78 Å². The largest absolute Gasteiger partial charge is 0.496 e. The quantitative estimate of drug-likeness (QED) is 0.620. The van der Waals surface area contributed by atoms with Gasteiger partial charge in [0.15, 0.2) is 5.69 Å². The van der Waals surface area contributed by atoms with Crippen molar-refractivity contribution in [3.8, 4) is 22.7 Å². The number of alkyl halides is 3. The van der Waals surface area contributed by atoms with Gasteiger partial charge in [0.2, 0.25) is 0 Å². The van der Waals surface area contributed by atoms with Crippen molar-refractivity contribution in [3.05, 3.63) is 65.4 Å². The second-order valence-electron chi connectivity index (χ2n) is 5.96. The van der Waals surface area contributed by atoms with E-state index in [1.165, 1.54) is 4.68 Å². The number of rotatable bonds is 4. The van der Waals surface area contributed by atoms with E-state index in [0.29, 0.717) is 22.7 Å². The third-order valence-corrected chi connectivity index (χ3v) is 4.27. The third kappa shape index (κ3) is 3.19. The van der Waals surface area contributed by atoms with Crippen molar-refractivity contribution < 1.29 is 17.9 Å². The summed E-state index contributed by atoms with van der Waals surface area (Å²) in [5, 5.41) is 3.93. The maximum absolute atomic E-state index is 13.6. The number of nitrogens with zero attached hydrogens (tertiary/aromatic N) is 2. The van der Waals surface area contributed by atoms with Crippen LogP contribution in [0.15, 0.2) is 48.5 Å². The van der Waals surface area contributed by atoms with Crippen LogP contribution < -0.4 is 4.74 Å². The molecule has 0 saturated heterocycles. The van der Waals surface area contributed by atoms with Gasteiger partial charge in [-0.15, -0.1) is 0 Å². The molecule has 0 amide bonds. The highest BCUT2D eigenvalue weighted by Crippen LogP contribution is 2.38. The number of methoxy groups -OCH3 is 1. The molecule has 136 valence electrons. The van der Waals surface area contributed by atoms with Crippen molar-refractivity contribution in [1.29, 1.82) is 0 Å². The summed E-state index contributed by atoms with van der Waals surface area (Å²) in [4.78, 5) is 0. The minimum absolute atomic E-state index is 0.186. The van der Waals surface area contributed by atoms with E-state index in [4.69, 9.17) is 4.74 Å². The number of halogens is 3. The zero-order valence-corrected chi connectivity index (χ0v) is 14.8. The van der Waals surface area contributed by atoms with E-state index >= 15 is 0 Å². The Kier molecular flexibility index (Phi) is 4.76. The minimum atomic E-state index is -4.51. The van der Waals surface area contributed by atoms with E-state index in [9.17, 15) is 13.2 Å². The molecule has 3 aromatic rings. The summed E-state index contributed by atoms with van der Waals surface area (Å²) in [6.45, 7) is 3.57. The Labute approximate surface area is 150 Å². The van der Waals surface area contributed by atoms with Gasteiger partial charge < -0.3 is 4.74 Å². The Bertz CT molecular complexity index is 915. The zero-order chi connectivity index (χ0) is 18.9. The molecule has 0 bridgehead atoms. The standard InChI is InChI=1S/C20H19F3N2O/c1-4-16-18(14-10-11-17(26-3)13(2)12-14)25(15-8-6-5-7-9-15)24-19(16)20(21,22)23/h5-12H,4H2,1-3H3. The molecule has 0 fully saturated rings. The smallest absolute Gasteiger partial charge is 0.435 e. The number of para-hydroxylation sites is 1. The van der Waals surface area contributed by atoms with Gasteiger partial charge in [-0.1, -0.05) is 25.1 Å². The summed E-state index contributed by atoms with van der Waals surface area (Å²) in [6.07, 6.45) is -4.29. The summed E-state index contributed by atoms with van der Waals surface area (Å²) in [5.41, 5.74) is 1.91. The van der Waals surface area contributed by atoms with E-state index in [2.05, 4.69) is 5.10 Å². The molecule has 3 rings (SSSR count). The molecule has 2 aromatic carbocycles. The molecular formula is C20H19F3N2O. The number of hydrogen-bond acceptors (Lipinski definition) is 2. The summed E-state index contributed by atoms with van der Waals surface area (Å²) in [7, 11) is 1.56. The summed E-state index contributed by atoms with van der Waals surface area (Å²) >= 11 is 0. The lowest BCUT2D eigenvalue weighted by Crippen LogP contribution is -2.09. The van der Waals surface area contributed by atoms with Gasteiger partial charge in [0.25, 0.3) is 0 Å². The predicted octanol–water partition coefficient (Wildman–Crippen LogP) is 5.44. The molecule has 0 N–H and O–H groups in total. The molecule has 6 heteroatoms. The number of aryl methyl sites for hydroxylation is 1. The molecule has 3 nitrogen and oxygen atoms in total. The first-order valence-corrected chi connectivity index (χ1v) is 8.26. The van der Waals surface area contributed by atoms with Crippen molar-refractivity contribution in [2.45, 2.75) is 26.4 Å². The predicted molar refractivity (Wildman–Crippen MR) is 94.7 cm³/mol. The van der Waals surface area contributed by atoms with Gasteiger partial charge in [0.05, 0.1) is 18.5 Å². The molecule has 0 saturated carbocycles. The number of aromatic nitrogens is 2. The van der Waals surface area contributed by atoms with Crippen LogP contribution in [0, 0.1) is 6.92 Å². The highest BCUT2D eigenvalue weighted by Gasteiger charge is 2.39. The SMILES string of the molecule is CCc1c(C(F)(F)F)nn(-c2ccccc2)c1-c1ccc(OC)c(C)c1. The van der Waals surface area contributed by atoms with Crippen molar-refractivity contribution in [3.63, 3.8) is 0 Å². The Balaban J connectivity index is 2.31. The van der Waals surface area contributed by atoms with E-state index in [0.717, 1.165) is 5.56 Å². The molecule has 1 aromatic heterocycles. The van der Waals surface area contributed by atoms with Crippen LogP contribution in [-0.4, -0.2) is 16.9 Å². The first-order chi connectivity index (χ1) is 12.4. The highest BCUT2D eigenvalue weighted by atomic mass is 19.4. The van der Waals surface area contributed by atoms with Crippen LogP contribution in [-0.2, 0) is 12.6 Å². The zero-order valence-electron chi connectivity index (χ0n) is 14.8. The normalized spacial score (nSPS) is 11.6. The van der Waals surface area contributed by atoms with E-state index < -0.39 is 11.9 Å². The Morgan fingerprint density at radius 1 is 1.08 bits per heavy atom. The van der Waals surface area contributed by atoms with Crippen LogP contribution in [0.2, 0.25) is 0 Å². The first-order valence-electron chi connectivity index (χ1n) is 8.26. The van der Waals surface area contributed by atoms with E-state index in [-0.39, 0.29) is 12.0 Å². The van der Waals surface area contributed by atoms with Gasteiger partial charge in [0.1, 0.15) is 5.75 Å². The Morgan fingerprint density at radius 2 is 1.77 bits per heavy atom. The lowest BCUT2D eigenvalue weighted by Gasteiger charge is -2.12. The second-order valence-corrected chi connectivity index (χ2v) is 5.96. The van der Waals surface area contributed by atoms with Gasteiger partial charge in [-0.2, -0.15) is 18.3 Å². The molecule has 0 aliphatic carbocycles. The van der Waals surface area contributed by atoms with Crippen LogP contribution in [0.1, 0.15) is 23.7 Å². The van der Waals surface area contributed by atoms with Gasteiger partial charge in [-0.25, -0.2) is 4.68 Å². The second kappa shape index (κ2) is 6.86. The highest BCUT2D eigenvalue weighted by molar-refractivity contribution is 5.69. The molecule has 0 atom stereocenters. The molecule has 0 spiro atoms. The molecule has 0 radical (unpaired) electrons. The Morgan fingerprint density at radius 3 is 2.31 bits per heavy atom. The fourth-order valence-electron chi connectivity index (χ4n) is 3.09. The lowest BCUT2D eigenvalue weighted by molar-refractivity contribution is -0.141. The van der Waals surface area contributed by atoms with Crippen molar-refractivity contribution in [2.24, 2.45) is 0 Å². The minimum Gasteiger partial charge on any atom is -0.496 e. The van der Waals surface area contributed by atoms with Gasteiger partial charge in [-0.05, 0) is 49.2 Å². The van der Waals surface area contributed by atoms with Crippen LogP contribution in [0.3, 0.4) is 0 Å². The molecular weight excluding hydrogens is 341 g/mol. The monoisotopic (exact) mass is 360 g/mol. The number of hydrogen-bond donors (Lipinski definition) is 0. The molecule has 0 aliphatic rings. The fraction of sp³-hybridized carbons (Fsp3) is 0.250. The topological polar surface area (TPSA) is 27.1 Å².